The Morgan fingerprint density at radius 1 is 0.976 bits per heavy atom. The van der Waals surface area contributed by atoms with Crippen LogP contribution in [0.4, 0.5) is 13.2 Å². The highest BCUT2D eigenvalue weighted by Crippen LogP contribution is 2.23. The molecule has 10 heteroatoms. The van der Waals surface area contributed by atoms with E-state index in [0.717, 1.165) is 46.6 Å². The fourth-order valence-corrected chi connectivity index (χ4v) is 5.08. The zero-order valence-corrected chi connectivity index (χ0v) is 22.3. The highest BCUT2D eigenvalue weighted by molar-refractivity contribution is 6.09. The smallest absolute Gasteiger partial charge is 0.267 e. The van der Waals surface area contributed by atoms with E-state index < -0.39 is 47.6 Å². The Morgan fingerprint density at radius 3 is 2.41 bits per heavy atom. The lowest BCUT2D eigenvalue weighted by Crippen LogP contribution is -2.58. The fraction of sp³-hybridized carbons (Fsp3) is 0.258. The Morgan fingerprint density at radius 2 is 1.66 bits per heavy atom. The van der Waals surface area contributed by atoms with E-state index in [4.69, 9.17) is 0 Å². The Labute approximate surface area is 234 Å². The van der Waals surface area contributed by atoms with Gasteiger partial charge in [-0.3, -0.25) is 14.4 Å². The van der Waals surface area contributed by atoms with Crippen LogP contribution in [0.3, 0.4) is 0 Å². The van der Waals surface area contributed by atoms with E-state index >= 15 is 4.39 Å². The summed E-state index contributed by atoms with van der Waals surface area (Å²) >= 11 is 0. The number of hydrogen-bond donors (Lipinski definition) is 3. The fourth-order valence-electron chi connectivity index (χ4n) is 5.08. The van der Waals surface area contributed by atoms with Crippen LogP contribution in [-0.4, -0.2) is 45.9 Å². The Bertz CT molecular complexity index is 1600. The van der Waals surface area contributed by atoms with Gasteiger partial charge in [0.2, 0.25) is 5.91 Å². The number of halogens is 3. The third-order valence-corrected chi connectivity index (χ3v) is 7.37. The summed E-state index contributed by atoms with van der Waals surface area (Å²) in [5, 5.41) is 5.54. The van der Waals surface area contributed by atoms with E-state index in [9.17, 15) is 23.2 Å². The van der Waals surface area contributed by atoms with Gasteiger partial charge in [-0.05, 0) is 53.8 Å². The van der Waals surface area contributed by atoms with Crippen LogP contribution in [0.15, 0.2) is 72.9 Å². The van der Waals surface area contributed by atoms with E-state index in [1.165, 1.54) is 0 Å². The molecule has 1 aliphatic heterocycles. The second-order valence-electron chi connectivity index (χ2n) is 10.3. The van der Waals surface area contributed by atoms with Crippen molar-refractivity contribution in [3.05, 3.63) is 107 Å². The predicted molar refractivity (Wildman–Crippen MR) is 147 cm³/mol. The molecule has 1 aromatic heterocycles. The molecule has 0 bridgehead atoms. The molecule has 0 aliphatic carbocycles. The lowest BCUT2D eigenvalue weighted by Gasteiger charge is -2.33. The van der Waals surface area contributed by atoms with Crippen molar-refractivity contribution in [3.8, 4) is 0 Å². The molecule has 212 valence electrons. The molecule has 3 amide bonds. The molecule has 41 heavy (non-hydrogen) atoms. The highest BCUT2D eigenvalue weighted by Gasteiger charge is 2.43. The summed E-state index contributed by atoms with van der Waals surface area (Å²) in [4.78, 5) is 44.4. The third-order valence-electron chi connectivity index (χ3n) is 7.37. The molecule has 3 aromatic carbocycles. The number of carbonyl (C=O) groups excluding carboxylic acids is 3. The summed E-state index contributed by atoms with van der Waals surface area (Å²) < 4.78 is 42.6. The van der Waals surface area contributed by atoms with Crippen LogP contribution in [0.5, 0.6) is 0 Å². The zero-order chi connectivity index (χ0) is 29.1. The summed E-state index contributed by atoms with van der Waals surface area (Å²) in [6.07, 6.45) is 2.44. The Kier molecular flexibility index (Phi) is 7.83. The number of alkyl halides is 1. The number of nitrogens with one attached hydrogen (secondary N) is 3. The van der Waals surface area contributed by atoms with Gasteiger partial charge in [0.25, 0.3) is 17.5 Å². The number of rotatable bonds is 8. The van der Waals surface area contributed by atoms with E-state index in [-0.39, 0.29) is 12.0 Å². The van der Waals surface area contributed by atoms with Crippen molar-refractivity contribution in [3.63, 3.8) is 0 Å². The molecule has 2 heterocycles. The van der Waals surface area contributed by atoms with E-state index in [1.54, 1.807) is 11.1 Å². The predicted octanol–water partition coefficient (Wildman–Crippen LogP) is 4.10. The zero-order valence-electron chi connectivity index (χ0n) is 22.3. The number of nitrogens with zero attached hydrogens (tertiary/aromatic N) is 1. The van der Waals surface area contributed by atoms with Gasteiger partial charge in [-0.25, -0.2) is 13.2 Å². The second kappa shape index (κ2) is 11.5. The van der Waals surface area contributed by atoms with Crippen molar-refractivity contribution in [1.82, 2.24) is 20.5 Å². The van der Waals surface area contributed by atoms with Crippen molar-refractivity contribution in [2.75, 3.05) is 6.54 Å². The largest absolute Gasteiger partial charge is 0.361 e. The lowest BCUT2D eigenvalue weighted by atomic mass is 9.97. The average molecular weight is 563 g/mol. The molecule has 1 aliphatic rings. The lowest BCUT2D eigenvalue weighted by molar-refractivity contribution is -0.147. The molecule has 2 atom stereocenters. The molecule has 2 unspecified atom stereocenters. The monoisotopic (exact) mass is 562 g/mol. The summed E-state index contributed by atoms with van der Waals surface area (Å²) in [5.74, 6) is -4.70. The van der Waals surface area contributed by atoms with Gasteiger partial charge in [-0.2, -0.15) is 0 Å². The highest BCUT2D eigenvalue weighted by atomic mass is 19.1. The summed E-state index contributed by atoms with van der Waals surface area (Å²) in [7, 11) is 0. The van der Waals surface area contributed by atoms with Gasteiger partial charge in [0.05, 0.1) is 0 Å². The Hall–Kier alpha value is -4.60. The normalized spacial score (nSPS) is 15.1. The minimum atomic E-state index is -3.07. The maximum atomic E-state index is 15.6. The van der Waals surface area contributed by atoms with Crippen LogP contribution in [-0.2, 0) is 40.3 Å². The molecule has 0 fully saturated rings. The number of hydrogen-bond acceptors (Lipinski definition) is 3. The first-order valence-corrected chi connectivity index (χ1v) is 13.3. The topological polar surface area (TPSA) is 94.3 Å². The van der Waals surface area contributed by atoms with Gasteiger partial charge < -0.3 is 20.5 Å². The molecule has 4 aromatic rings. The maximum Gasteiger partial charge on any atom is 0.267 e. The van der Waals surface area contributed by atoms with E-state index in [1.807, 2.05) is 48.5 Å². The number of H-pyrrole nitrogens is 1. The molecule has 0 radical (unpaired) electrons. The van der Waals surface area contributed by atoms with Gasteiger partial charge in [0.15, 0.2) is 0 Å². The van der Waals surface area contributed by atoms with Crippen LogP contribution >= 0.6 is 0 Å². The molecule has 0 saturated heterocycles. The standard InChI is InChI=1S/C31H29F3N4O3/c1-31(34,29(40)36-16-19-12-23(32)15-24(33)13-19)30(41)37-27(14-22-17-35-26-9-5-4-8-25(22)26)28(39)38-11-10-20-6-2-3-7-21(20)18-38/h2-9,12-13,15,17,27,35H,10-11,14,16,18H2,1H3,(H,36,40)(H,37,41). The summed E-state index contributed by atoms with van der Waals surface area (Å²) in [6, 6.07) is 16.7. The van der Waals surface area contributed by atoms with Crippen molar-refractivity contribution in [2.24, 2.45) is 0 Å². The number of para-hydroxylation sites is 1. The van der Waals surface area contributed by atoms with Crippen LogP contribution < -0.4 is 10.6 Å². The Balaban J connectivity index is 1.34. The minimum Gasteiger partial charge on any atom is -0.361 e. The second-order valence-corrected chi connectivity index (χ2v) is 10.3. The van der Waals surface area contributed by atoms with Crippen LogP contribution in [0.1, 0.15) is 29.2 Å². The number of fused-ring (bicyclic) bond motifs is 2. The summed E-state index contributed by atoms with van der Waals surface area (Å²) in [6.45, 7) is 1.15. The van der Waals surface area contributed by atoms with Crippen molar-refractivity contribution in [2.45, 2.75) is 44.6 Å². The average Bonchev–Trinajstić information content (AvgIpc) is 3.37. The quantitative estimate of drug-likeness (QED) is 0.282. The van der Waals surface area contributed by atoms with Crippen molar-refractivity contribution < 1.29 is 27.6 Å². The van der Waals surface area contributed by atoms with Crippen molar-refractivity contribution in [1.29, 1.82) is 0 Å². The third kappa shape index (κ3) is 6.11. The first-order valence-electron chi connectivity index (χ1n) is 13.3. The van der Waals surface area contributed by atoms with Gasteiger partial charge in [-0.15, -0.1) is 0 Å². The molecular formula is C31H29F3N4O3. The van der Waals surface area contributed by atoms with E-state index in [0.29, 0.717) is 25.6 Å². The molecule has 5 rings (SSSR count). The van der Waals surface area contributed by atoms with Crippen molar-refractivity contribution >= 4 is 28.6 Å². The first-order chi connectivity index (χ1) is 19.6. The first kappa shape index (κ1) is 27.9. The van der Waals surface area contributed by atoms with Gasteiger partial charge >= 0.3 is 0 Å². The van der Waals surface area contributed by atoms with Crippen LogP contribution in [0.2, 0.25) is 0 Å². The van der Waals surface area contributed by atoms with Gasteiger partial charge in [-0.1, -0.05) is 42.5 Å². The minimum absolute atomic E-state index is 0.0600. The SMILES string of the molecule is CC(F)(C(=O)NCc1cc(F)cc(F)c1)C(=O)NC(Cc1c[nH]c2ccccc12)C(=O)N1CCc2ccccc2C1. The van der Waals surface area contributed by atoms with Gasteiger partial charge in [0.1, 0.15) is 17.7 Å². The number of benzene rings is 3. The summed E-state index contributed by atoms with van der Waals surface area (Å²) in [5.41, 5.74) is 0.710. The van der Waals surface area contributed by atoms with Gasteiger partial charge in [0, 0.05) is 49.2 Å². The molecule has 0 saturated carbocycles. The molecular weight excluding hydrogens is 533 g/mol. The molecule has 0 spiro atoms. The number of aromatic amines is 1. The number of amides is 3. The maximum absolute atomic E-state index is 15.6. The number of aromatic nitrogens is 1. The van der Waals surface area contributed by atoms with Crippen LogP contribution in [0, 0.1) is 11.6 Å². The molecule has 3 N–H and O–H groups in total. The van der Waals surface area contributed by atoms with E-state index in [2.05, 4.69) is 15.6 Å². The molecule has 7 nitrogen and oxygen atoms in total. The number of carbonyl (C=O) groups is 3. The van der Waals surface area contributed by atoms with Crippen LogP contribution in [0.25, 0.3) is 10.9 Å².